The van der Waals surface area contributed by atoms with Crippen LogP contribution < -0.4 is 0 Å². The van der Waals surface area contributed by atoms with Crippen molar-refractivity contribution in [2.24, 2.45) is 0 Å². The van der Waals surface area contributed by atoms with Crippen LogP contribution in [0.3, 0.4) is 0 Å². The molecule has 1 heterocycles. The molecule has 0 aromatic carbocycles. The van der Waals surface area contributed by atoms with Crippen LogP contribution in [0, 0.1) is 0 Å². The highest BCUT2D eigenvalue weighted by atomic mass is 19.4. The van der Waals surface area contributed by atoms with E-state index in [1.54, 1.807) is 0 Å². The van der Waals surface area contributed by atoms with E-state index in [4.69, 9.17) is 0 Å². The highest BCUT2D eigenvalue weighted by molar-refractivity contribution is 5.81. The van der Waals surface area contributed by atoms with Crippen molar-refractivity contribution in [3.63, 3.8) is 0 Å². The van der Waals surface area contributed by atoms with Gasteiger partial charge in [0.05, 0.1) is 0 Å². The minimum Gasteiger partial charge on any atom is -0.337 e. The molecule has 4 nitrogen and oxygen atoms in total. The van der Waals surface area contributed by atoms with Gasteiger partial charge in [-0.1, -0.05) is 0 Å². The van der Waals surface area contributed by atoms with Crippen LogP contribution >= 0.6 is 0 Å². The summed E-state index contributed by atoms with van der Waals surface area (Å²) in [6.07, 6.45) is -2.74. The van der Waals surface area contributed by atoms with Crippen LogP contribution in [-0.4, -0.2) is 80.1 Å². The zero-order valence-corrected chi connectivity index (χ0v) is 11.7. The summed E-state index contributed by atoms with van der Waals surface area (Å²) < 4.78 is 36.6. The number of hydrogen-bond donors (Lipinski definition) is 0. The Labute approximate surface area is 112 Å². The molecule has 0 atom stereocenters. The molecular formula is C12H22F3N3O. The van der Waals surface area contributed by atoms with E-state index in [1.807, 2.05) is 11.9 Å². The summed E-state index contributed by atoms with van der Waals surface area (Å²) in [6, 6.07) is 0.394. The molecule has 112 valence electrons. The number of likely N-dealkylation sites (N-methyl/N-ethyl adjacent to an activating group) is 2. The Morgan fingerprint density at radius 2 is 1.74 bits per heavy atom. The SMILES string of the molecule is CN1CCC(N(C)CCN(C)C(=O)C(F)(F)F)CC1. The van der Waals surface area contributed by atoms with Gasteiger partial charge in [0.25, 0.3) is 0 Å². The van der Waals surface area contributed by atoms with Gasteiger partial charge in [-0.3, -0.25) is 4.79 Å². The molecule has 0 aromatic rings. The first-order valence-corrected chi connectivity index (χ1v) is 6.43. The average molecular weight is 281 g/mol. The van der Waals surface area contributed by atoms with Crippen molar-refractivity contribution in [1.82, 2.24) is 14.7 Å². The van der Waals surface area contributed by atoms with Gasteiger partial charge in [-0.05, 0) is 40.0 Å². The lowest BCUT2D eigenvalue weighted by atomic mass is 10.0. The van der Waals surface area contributed by atoms with Crippen LogP contribution in [0.1, 0.15) is 12.8 Å². The second-order valence-electron chi connectivity index (χ2n) is 5.24. The minimum absolute atomic E-state index is 0.0984. The molecule has 0 radical (unpaired) electrons. The van der Waals surface area contributed by atoms with Gasteiger partial charge in [-0.25, -0.2) is 0 Å². The molecule has 1 saturated heterocycles. The predicted octanol–water partition coefficient (Wildman–Crippen LogP) is 1.03. The molecule has 0 saturated carbocycles. The van der Waals surface area contributed by atoms with Crippen LogP contribution in [0.5, 0.6) is 0 Å². The van der Waals surface area contributed by atoms with Crippen LogP contribution in [0.15, 0.2) is 0 Å². The summed E-state index contributed by atoms with van der Waals surface area (Å²) in [7, 11) is 5.16. The number of rotatable bonds is 4. The number of likely N-dealkylation sites (tertiary alicyclic amines) is 1. The van der Waals surface area contributed by atoms with Gasteiger partial charge in [0.2, 0.25) is 0 Å². The normalized spacial score (nSPS) is 18.9. The van der Waals surface area contributed by atoms with E-state index in [0.717, 1.165) is 30.8 Å². The number of halogens is 3. The van der Waals surface area contributed by atoms with Crippen molar-refractivity contribution < 1.29 is 18.0 Å². The standard InChI is InChI=1S/C12H22F3N3O/c1-16-6-4-10(5-7-16)17(2)8-9-18(3)11(19)12(13,14)15/h10H,4-9H2,1-3H3. The average Bonchev–Trinajstić information content (AvgIpc) is 2.34. The summed E-state index contributed by atoms with van der Waals surface area (Å²) in [5, 5.41) is 0. The van der Waals surface area contributed by atoms with Crippen molar-refractivity contribution in [3.05, 3.63) is 0 Å². The Morgan fingerprint density at radius 3 is 2.21 bits per heavy atom. The topological polar surface area (TPSA) is 26.8 Å². The first-order chi connectivity index (χ1) is 8.71. The lowest BCUT2D eigenvalue weighted by Crippen LogP contribution is -2.46. The van der Waals surface area contributed by atoms with Gasteiger partial charge in [-0.2, -0.15) is 13.2 Å². The number of nitrogens with zero attached hydrogens (tertiary/aromatic N) is 3. The van der Waals surface area contributed by atoms with E-state index >= 15 is 0 Å². The van der Waals surface area contributed by atoms with Gasteiger partial charge in [0.1, 0.15) is 0 Å². The number of hydrogen-bond acceptors (Lipinski definition) is 3. The third-order valence-electron chi connectivity index (χ3n) is 3.69. The summed E-state index contributed by atoms with van der Waals surface area (Å²) >= 11 is 0. The van der Waals surface area contributed by atoms with E-state index in [-0.39, 0.29) is 6.54 Å². The molecule has 1 fully saturated rings. The Bertz CT molecular complexity index is 301. The monoisotopic (exact) mass is 281 g/mol. The zero-order chi connectivity index (χ0) is 14.6. The van der Waals surface area contributed by atoms with Gasteiger partial charge in [0.15, 0.2) is 0 Å². The Kier molecular flexibility index (Phi) is 5.61. The molecule has 1 aliphatic heterocycles. The molecule has 19 heavy (non-hydrogen) atoms. The molecule has 7 heteroatoms. The van der Waals surface area contributed by atoms with E-state index in [1.165, 1.54) is 7.05 Å². The van der Waals surface area contributed by atoms with Crippen molar-refractivity contribution in [3.8, 4) is 0 Å². The second kappa shape index (κ2) is 6.56. The van der Waals surface area contributed by atoms with E-state index < -0.39 is 12.1 Å². The van der Waals surface area contributed by atoms with Crippen LogP contribution in [0.4, 0.5) is 13.2 Å². The van der Waals surface area contributed by atoms with E-state index in [9.17, 15) is 18.0 Å². The molecular weight excluding hydrogens is 259 g/mol. The Morgan fingerprint density at radius 1 is 1.21 bits per heavy atom. The Hall–Kier alpha value is -0.820. The first kappa shape index (κ1) is 16.2. The number of alkyl halides is 3. The van der Waals surface area contributed by atoms with E-state index in [2.05, 4.69) is 11.9 Å². The molecule has 1 amide bonds. The van der Waals surface area contributed by atoms with Crippen LogP contribution in [-0.2, 0) is 4.79 Å². The van der Waals surface area contributed by atoms with Crippen molar-refractivity contribution in [2.45, 2.75) is 25.1 Å². The predicted molar refractivity (Wildman–Crippen MR) is 66.8 cm³/mol. The fourth-order valence-electron chi connectivity index (χ4n) is 2.24. The lowest BCUT2D eigenvalue weighted by Gasteiger charge is -2.35. The first-order valence-electron chi connectivity index (χ1n) is 6.43. The minimum atomic E-state index is -4.78. The van der Waals surface area contributed by atoms with Crippen molar-refractivity contribution in [2.75, 3.05) is 47.3 Å². The third kappa shape index (κ3) is 4.99. The summed E-state index contributed by atoms with van der Waals surface area (Å²) in [5.74, 6) is -1.77. The Balaban J connectivity index is 2.34. The molecule has 0 bridgehead atoms. The third-order valence-corrected chi connectivity index (χ3v) is 3.69. The smallest absolute Gasteiger partial charge is 0.337 e. The highest BCUT2D eigenvalue weighted by Crippen LogP contribution is 2.18. The highest BCUT2D eigenvalue weighted by Gasteiger charge is 2.41. The van der Waals surface area contributed by atoms with Crippen LogP contribution in [0.2, 0.25) is 0 Å². The number of carbonyl (C=O) groups is 1. The number of amides is 1. The molecule has 1 aliphatic rings. The molecule has 0 aliphatic carbocycles. The van der Waals surface area contributed by atoms with E-state index in [0.29, 0.717) is 12.6 Å². The van der Waals surface area contributed by atoms with Gasteiger partial charge >= 0.3 is 12.1 Å². The van der Waals surface area contributed by atoms with Crippen LogP contribution in [0.25, 0.3) is 0 Å². The summed E-state index contributed by atoms with van der Waals surface area (Å²) in [5.41, 5.74) is 0. The lowest BCUT2D eigenvalue weighted by molar-refractivity contribution is -0.184. The molecule has 0 spiro atoms. The second-order valence-corrected chi connectivity index (χ2v) is 5.24. The largest absolute Gasteiger partial charge is 0.471 e. The van der Waals surface area contributed by atoms with Gasteiger partial charge in [-0.15, -0.1) is 0 Å². The van der Waals surface area contributed by atoms with Crippen molar-refractivity contribution in [1.29, 1.82) is 0 Å². The quantitative estimate of drug-likeness (QED) is 0.770. The fraction of sp³-hybridized carbons (Fsp3) is 0.917. The maximum absolute atomic E-state index is 12.2. The maximum atomic E-state index is 12.2. The number of carbonyl (C=O) groups excluding carboxylic acids is 1. The zero-order valence-electron chi connectivity index (χ0n) is 11.7. The summed E-state index contributed by atoms with van der Waals surface area (Å²) in [4.78, 5) is 16.0. The number of piperidine rings is 1. The fourth-order valence-corrected chi connectivity index (χ4v) is 2.24. The van der Waals surface area contributed by atoms with Gasteiger partial charge < -0.3 is 14.7 Å². The van der Waals surface area contributed by atoms with Crippen molar-refractivity contribution >= 4 is 5.91 Å². The molecule has 0 N–H and O–H groups in total. The van der Waals surface area contributed by atoms with Gasteiger partial charge in [0, 0.05) is 26.2 Å². The maximum Gasteiger partial charge on any atom is 0.471 e. The molecule has 0 unspecified atom stereocenters. The molecule has 1 rings (SSSR count). The summed E-state index contributed by atoms with van der Waals surface area (Å²) in [6.45, 7) is 2.58. The molecule has 0 aromatic heterocycles.